The van der Waals surface area contributed by atoms with Gasteiger partial charge in [0.05, 0.1) is 23.8 Å². The molecule has 0 unspecified atom stereocenters. The second-order valence-electron chi connectivity index (χ2n) is 8.92. The normalized spacial score (nSPS) is 11.1. The number of azo groups is 1. The number of imidazole rings is 1. The quantitative estimate of drug-likeness (QED) is 0.0676. The molecule has 0 aliphatic rings. The lowest BCUT2D eigenvalue weighted by molar-refractivity contribution is 0.202. The van der Waals surface area contributed by atoms with Crippen LogP contribution in [0.1, 0.15) is 5.56 Å². The van der Waals surface area contributed by atoms with E-state index < -0.39 is 6.03 Å². The molecular weight excluding hydrogens is 619 g/mol. The number of nitrogens with one attached hydrogen (secondary N) is 1. The summed E-state index contributed by atoms with van der Waals surface area (Å²) >= 11 is 17.5. The van der Waals surface area contributed by atoms with E-state index in [0.29, 0.717) is 41.7 Å². The van der Waals surface area contributed by atoms with E-state index in [1.165, 1.54) is 0 Å². The molecule has 13 nitrogen and oxygen atoms in total. The molecule has 1 N–H and O–H groups in total. The van der Waals surface area contributed by atoms with Crippen molar-refractivity contribution < 1.29 is 9.53 Å². The number of nitroso groups, excluding NO2 is 1. The Hall–Kier alpha value is -4.07. The van der Waals surface area contributed by atoms with E-state index in [1.54, 1.807) is 10.9 Å². The Morgan fingerprint density at radius 3 is 2.33 bits per heavy atom. The second kappa shape index (κ2) is 16.5. The van der Waals surface area contributed by atoms with Crippen molar-refractivity contribution >= 4 is 69.3 Å². The number of anilines is 1. The Morgan fingerprint density at radius 2 is 1.65 bits per heavy atom. The average molecular weight is 648 g/mol. The lowest BCUT2D eigenvalue weighted by Gasteiger charge is -2.22. The van der Waals surface area contributed by atoms with Gasteiger partial charge in [0.25, 0.3) is 5.95 Å². The molecule has 4 rings (SSSR count). The van der Waals surface area contributed by atoms with Gasteiger partial charge in [0, 0.05) is 49.5 Å². The van der Waals surface area contributed by atoms with Crippen molar-refractivity contribution in [1.82, 2.24) is 29.8 Å². The number of urea groups is 1. The van der Waals surface area contributed by atoms with Gasteiger partial charge in [-0.25, -0.2) is 9.78 Å². The topological polar surface area (TPSA) is 143 Å². The molecule has 0 atom stereocenters. The lowest BCUT2D eigenvalue weighted by Crippen LogP contribution is -2.38. The van der Waals surface area contributed by atoms with Gasteiger partial charge >= 0.3 is 6.03 Å². The Kier molecular flexibility index (Phi) is 12.3. The zero-order chi connectivity index (χ0) is 30.4. The summed E-state index contributed by atoms with van der Waals surface area (Å²) in [5.41, 5.74) is 3.36. The zero-order valence-corrected chi connectivity index (χ0v) is 25.3. The van der Waals surface area contributed by atoms with Crippen LogP contribution in [-0.2, 0) is 13.2 Å². The van der Waals surface area contributed by atoms with Crippen LogP contribution in [0.25, 0.3) is 11.2 Å². The molecular formula is C27H29Cl3N10O3. The maximum absolute atomic E-state index is 12.2. The highest BCUT2D eigenvalue weighted by atomic mass is 35.5. The van der Waals surface area contributed by atoms with Crippen LogP contribution < -0.4 is 15.0 Å². The number of halogens is 3. The van der Waals surface area contributed by atoms with Crippen LogP contribution in [0.2, 0.25) is 0 Å². The molecule has 43 heavy (non-hydrogen) atoms. The first-order valence-electron chi connectivity index (χ1n) is 13.3. The fraction of sp³-hybridized carbons (Fsp3) is 0.333. The first-order valence-corrected chi connectivity index (χ1v) is 14.9. The fourth-order valence-corrected chi connectivity index (χ4v) is 4.55. The number of nitrogens with zero attached hydrogens (tertiary/aromatic N) is 9. The smallest absolute Gasteiger partial charge is 0.340 e. The van der Waals surface area contributed by atoms with Crippen molar-refractivity contribution in [3.8, 4) is 5.88 Å². The molecule has 0 spiro atoms. The summed E-state index contributed by atoms with van der Waals surface area (Å²) in [4.78, 5) is 38.6. The van der Waals surface area contributed by atoms with E-state index in [4.69, 9.17) is 39.5 Å². The fourth-order valence-electron chi connectivity index (χ4n) is 3.98. The first kappa shape index (κ1) is 31.9. The SMILES string of the molecule is O=NN(CCCl)C(=O)NCCn1cnc2c(OCc3ccccc3)nc(/N=N/c3ccc(N(CCCl)CCCl)cc3)nc21. The zero-order valence-electron chi connectivity index (χ0n) is 23.0. The number of benzene rings is 2. The van der Waals surface area contributed by atoms with Crippen LogP contribution in [0.3, 0.4) is 0 Å². The van der Waals surface area contributed by atoms with Gasteiger partial charge < -0.3 is 19.5 Å². The first-order chi connectivity index (χ1) is 21.1. The number of hydrogen-bond acceptors (Lipinski definition) is 10. The van der Waals surface area contributed by atoms with E-state index in [9.17, 15) is 9.70 Å². The molecule has 2 heterocycles. The molecule has 2 amide bonds. The number of carbonyl (C=O) groups is 1. The van der Waals surface area contributed by atoms with E-state index >= 15 is 0 Å². The van der Waals surface area contributed by atoms with Gasteiger partial charge in [-0.1, -0.05) is 30.3 Å². The van der Waals surface area contributed by atoms with Crippen molar-refractivity contribution in [2.45, 2.75) is 13.2 Å². The van der Waals surface area contributed by atoms with Crippen molar-refractivity contribution in [1.29, 1.82) is 0 Å². The van der Waals surface area contributed by atoms with E-state index in [2.05, 4.69) is 40.7 Å². The summed E-state index contributed by atoms with van der Waals surface area (Å²) in [7, 11) is 0. The van der Waals surface area contributed by atoms with Crippen molar-refractivity contribution in [3.63, 3.8) is 0 Å². The van der Waals surface area contributed by atoms with Crippen LogP contribution in [0, 0.1) is 4.91 Å². The molecule has 4 aromatic rings. The summed E-state index contributed by atoms with van der Waals surface area (Å²) < 4.78 is 7.73. The van der Waals surface area contributed by atoms with E-state index in [-0.39, 0.29) is 43.9 Å². The van der Waals surface area contributed by atoms with Gasteiger partial charge in [-0.15, -0.1) is 49.9 Å². The summed E-state index contributed by atoms with van der Waals surface area (Å²) in [5, 5.41) is 14.6. The van der Waals surface area contributed by atoms with E-state index in [1.807, 2.05) is 54.6 Å². The minimum atomic E-state index is -0.657. The number of rotatable bonds is 16. The lowest BCUT2D eigenvalue weighted by atomic mass is 10.2. The number of carbonyl (C=O) groups excluding carboxylic acids is 1. The molecule has 0 bridgehead atoms. The Bertz CT molecular complexity index is 1500. The molecule has 0 aliphatic heterocycles. The highest BCUT2D eigenvalue weighted by Crippen LogP contribution is 2.27. The Balaban J connectivity index is 1.56. The summed E-state index contributed by atoms with van der Waals surface area (Å²) in [6.07, 6.45) is 1.56. The third-order valence-electron chi connectivity index (χ3n) is 6.08. The van der Waals surface area contributed by atoms with Gasteiger partial charge in [-0.3, -0.25) is 0 Å². The second-order valence-corrected chi connectivity index (χ2v) is 10.1. The van der Waals surface area contributed by atoms with Crippen LogP contribution in [0.15, 0.2) is 76.4 Å². The Labute approximate surface area is 262 Å². The molecule has 2 aromatic carbocycles. The average Bonchev–Trinajstić information content (AvgIpc) is 3.45. The Morgan fingerprint density at radius 1 is 0.930 bits per heavy atom. The van der Waals surface area contributed by atoms with Gasteiger partial charge in [0.15, 0.2) is 11.2 Å². The monoisotopic (exact) mass is 646 g/mol. The van der Waals surface area contributed by atoms with E-state index in [0.717, 1.165) is 16.3 Å². The molecule has 226 valence electrons. The predicted octanol–water partition coefficient (Wildman–Crippen LogP) is 6.04. The molecule has 0 saturated carbocycles. The van der Waals surface area contributed by atoms with Crippen molar-refractivity contribution in [2.75, 3.05) is 48.7 Å². The van der Waals surface area contributed by atoms with Gasteiger partial charge in [-0.2, -0.15) is 15.0 Å². The van der Waals surface area contributed by atoms with Crippen LogP contribution in [-0.4, -0.2) is 74.4 Å². The van der Waals surface area contributed by atoms with Gasteiger partial charge in [0.2, 0.25) is 5.88 Å². The largest absolute Gasteiger partial charge is 0.471 e. The third kappa shape index (κ3) is 8.96. The minimum Gasteiger partial charge on any atom is -0.471 e. The van der Waals surface area contributed by atoms with Crippen LogP contribution >= 0.6 is 34.8 Å². The number of amides is 2. The number of aromatic nitrogens is 4. The number of ether oxygens (including phenoxy) is 1. The van der Waals surface area contributed by atoms with Gasteiger partial charge in [0.1, 0.15) is 6.61 Å². The standard InChI is InChI=1S/C27H29Cl3N10O3/c28-10-14-38(15-11-29)22-8-6-21(7-9-22)35-36-26-33-24-23(25(34-26)43-18-20-4-2-1-3-5-20)32-19-39(24)17-13-31-27(41)40(37-42)16-12-30/h1-9,19H,10-18H2,(H,31,41)/b36-35+. The number of alkyl halides is 3. The van der Waals surface area contributed by atoms with Crippen molar-refractivity contribution in [2.24, 2.45) is 15.5 Å². The highest BCUT2D eigenvalue weighted by molar-refractivity contribution is 6.18. The van der Waals surface area contributed by atoms with Gasteiger partial charge in [-0.05, 0) is 29.8 Å². The number of fused-ring (bicyclic) bond motifs is 1. The summed E-state index contributed by atoms with van der Waals surface area (Å²) in [6.45, 7) is 2.04. The van der Waals surface area contributed by atoms with Crippen LogP contribution in [0.4, 0.5) is 22.1 Å². The summed E-state index contributed by atoms with van der Waals surface area (Å²) in [6, 6.07) is 16.5. The molecule has 2 aromatic heterocycles. The molecule has 0 saturated heterocycles. The molecule has 0 radical (unpaired) electrons. The maximum Gasteiger partial charge on any atom is 0.340 e. The molecule has 0 fully saturated rings. The number of hydrogen-bond donors (Lipinski definition) is 1. The minimum absolute atomic E-state index is 0.00355. The highest BCUT2D eigenvalue weighted by Gasteiger charge is 2.17. The van der Waals surface area contributed by atoms with Crippen LogP contribution in [0.5, 0.6) is 5.88 Å². The predicted molar refractivity (Wildman–Crippen MR) is 167 cm³/mol. The molecule has 0 aliphatic carbocycles. The molecule has 16 heteroatoms. The van der Waals surface area contributed by atoms with Crippen molar-refractivity contribution in [3.05, 3.63) is 71.4 Å². The third-order valence-corrected chi connectivity index (χ3v) is 6.58. The summed E-state index contributed by atoms with van der Waals surface area (Å²) in [5.74, 6) is 1.35. The maximum atomic E-state index is 12.2.